The van der Waals surface area contributed by atoms with Gasteiger partial charge >= 0.3 is 5.97 Å². The van der Waals surface area contributed by atoms with Gasteiger partial charge in [0.05, 0.1) is 0 Å². The Hall–Kier alpha value is -1.12. The van der Waals surface area contributed by atoms with E-state index < -0.39 is 0 Å². The van der Waals surface area contributed by atoms with Gasteiger partial charge in [0.1, 0.15) is 11.9 Å². The second kappa shape index (κ2) is 6.41. The quantitative estimate of drug-likeness (QED) is 0.557. The van der Waals surface area contributed by atoms with E-state index in [0.29, 0.717) is 18.3 Å². The van der Waals surface area contributed by atoms with Gasteiger partial charge in [-0.15, -0.1) is 0 Å². The normalized spacial score (nSPS) is 35.9. The predicted octanol–water partition coefficient (Wildman–Crippen LogP) is 4.70. The van der Waals surface area contributed by atoms with E-state index in [9.17, 15) is 9.59 Å². The van der Waals surface area contributed by atoms with Crippen LogP contribution in [0.4, 0.5) is 0 Å². The van der Waals surface area contributed by atoms with Crippen LogP contribution in [0.2, 0.25) is 0 Å². The van der Waals surface area contributed by atoms with Gasteiger partial charge in [-0.05, 0) is 56.8 Å². The van der Waals surface area contributed by atoms with Crippen molar-refractivity contribution in [2.24, 2.45) is 22.7 Å². The number of esters is 1. The fourth-order valence-corrected chi connectivity index (χ4v) is 5.33. The van der Waals surface area contributed by atoms with Crippen LogP contribution in [0.3, 0.4) is 0 Å². The summed E-state index contributed by atoms with van der Waals surface area (Å²) in [4.78, 5) is 22.9. The molecule has 4 atom stereocenters. The minimum absolute atomic E-state index is 0.00154. The molecule has 0 radical (unpaired) electrons. The fraction of sp³-hybridized carbons (Fsp3) is 0.800. The molecule has 1 saturated carbocycles. The van der Waals surface area contributed by atoms with E-state index in [0.717, 1.165) is 25.7 Å². The van der Waals surface area contributed by atoms with Gasteiger partial charge in [-0.25, -0.2) is 0 Å². The van der Waals surface area contributed by atoms with Crippen LogP contribution in [0.15, 0.2) is 11.6 Å². The Labute approximate surface area is 140 Å². The maximum atomic E-state index is 11.5. The number of ketones is 1. The summed E-state index contributed by atoms with van der Waals surface area (Å²) in [6.45, 7) is 12.3. The van der Waals surface area contributed by atoms with Crippen LogP contribution in [0.1, 0.15) is 73.6 Å². The maximum absolute atomic E-state index is 11.5. The lowest BCUT2D eigenvalue weighted by Gasteiger charge is -2.59. The van der Waals surface area contributed by atoms with Crippen molar-refractivity contribution in [3.63, 3.8) is 0 Å². The molecule has 0 aromatic rings. The zero-order valence-electron chi connectivity index (χ0n) is 15.6. The van der Waals surface area contributed by atoms with Crippen molar-refractivity contribution in [2.75, 3.05) is 0 Å². The number of hydrogen-bond acceptors (Lipinski definition) is 3. The fourth-order valence-electron chi connectivity index (χ4n) is 5.33. The number of ether oxygens (including phenoxy) is 1. The van der Waals surface area contributed by atoms with Crippen molar-refractivity contribution in [3.8, 4) is 0 Å². The number of carbonyl (C=O) groups excluding carboxylic acids is 2. The second-order valence-corrected chi connectivity index (χ2v) is 8.49. The Morgan fingerprint density at radius 2 is 1.91 bits per heavy atom. The number of hydrogen-bond donors (Lipinski definition) is 0. The molecular formula is C20H32O3. The van der Waals surface area contributed by atoms with Crippen LogP contribution in [0, 0.1) is 22.7 Å². The first-order valence-electron chi connectivity index (χ1n) is 8.92. The zero-order chi connectivity index (χ0) is 17.4. The highest BCUT2D eigenvalue weighted by Gasteiger charge is 2.56. The molecule has 0 amide bonds. The molecule has 3 heteroatoms. The molecular weight excluding hydrogens is 288 g/mol. The lowest BCUT2D eigenvalue weighted by Crippen LogP contribution is -2.55. The summed E-state index contributed by atoms with van der Waals surface area (Å²) < 4.78 is 5.65. The van der Waals surface area contributed by atoms with Crippen LogP contribution in [0.25, 0.3) is 0 Å². The predicted molar refractivity (Wildman–Crippen MR) is 91.9 cm³/mol. The Bertz CT molecular complexity index is 517. The summed E-state index contributed by atoms with van der Waals surface area (Å²) in [6.07, 6.45) is 6.98. The minimum atomic E-state index is -0.178. The van der Waals surface area contributed by atoms with Gasteiger partial charge in [0.15, 0.2) is 0 Å². The molecule has 0 aliphatic heterocycles. The van der Waals surface area contributed by atoms with Crippen LogP contribution < -0.4 is 0 Å². The molecule has 4 unspecified atom stereocenters. The van der Waals surface area contributed by atoms with Crippen molar-refractivity contribution in [2.45, 2.75) is 79.8 Å². The average Bonchev–Trinajstić information content (AvgIpc) is 2.40. The molecule has 0 N–H and O–H groups in total. The van der Waals surface area contributed by atoms with E-state index in [4.69, 9.17) is 4.74 Å². The number of carbonyl (C=O) groups is 2. The maximum Gasteiger partial charge on any atom is 0.302 e. The van der Waals surface area contributed by atoms with E-state index in [-0.39, 0.29) is 28.7 Å². The number of fused-ring (bicyclic) bond motifs is 1. The van der Waals surface area contributed by atoms with E-state index in [1.807, 2.05) is 0 Å². The van der Waals surface area contributed by atoms with Gasteiger partial charge < -0.3 is 9.53 Å². The summed E-state index contributed by atoms with van der Waals surface area (Å²) in [5.74, 6) is 1.04. The monoisotopic (exact) mass is 320 g/mol. The van der Waals surface area contributed by atoms with Crippen molar-refractivity contribution in [1.82, 2.24) is 0 Å². The highest BCUT2D eigenvalue weighted by atomic mass is 16.5. The summed E-state index contributed by atoms with van der Waals surface area (Å²) in [6, 6.07) is 0. The zero-order valence-corrected chi connectivity index (χ0v) is 15.6. The molecule has 0 heterocycles. The van der Waals surface area contributed by atoms with Crippen molar-refractivity contribution in [1.29, 1.82) is 0 Å². The van der Waals surface area contributed by atoms with Crippen molar-refractivity contribution >= 4 is 11.8 Å². The Morgan fingerprint density at radius 1 is 1.26 bits per heavy atom. The second-order valence-electron chi connectivity index (χ2n) is 8.49. The van der Waals surface area contributed by atoms with Crippen LogP contribution >= 0.6 is 0 Å². The van der Waals surface area contributed by atoms with Crippen molar-refractivity contribution in [3.05, 3.63) is 11.6 Å². The van der Waals surface area contributed by atoms with Gasteiger partial charge in [0.2, 0.25) is 0 Å². The highest BCUT2D eigenvalue weighted by molar-refractivity contribution is 5.75. The first-order chi connectivity index (χ1) is 10.6. The third kappa shape index (κ3) is 3.39. The van der Waals surface area contributed by atoms with Crippen LogP contribution in [0.5, 0.6) is 0 Å². The van der Waals surface area contributed by atoms with E-state index >= 15 is 0 Å². The molecule has 23 heavy (non-hydrogen) atoms. The molecule has 0 saturated heterocycles. The van der Waals surface area contributed by atoms with E-state index in [1.165, 1.54) is 12.5 Å². The number of allylic oxidation sites excluding steroid dienone is 2. The largest absolute Gasteiger partial charge is 0.462 e. The highest BCUT2D eigenvalue weighted by Crippen LogP contribution is 2.61. The smallest absolute Gasteiger partial charge is 0.302 e. The van der Waals surface area contributed by atoms with Gasteiger partial charge in [-0.2, -0.15) is 0 Å². The molecule has 2 rings (SSSR count). The Kier molecular flexibility index (Phi) is 5.08. The lowest BCUT2D eigenvalue weighted by atomic mass is 9.47. The molecule has 3 nitrogen and oxygen atoms in total. The molecule has 0 bridgehead atoms. The summed E-state index contributed by atoms with van der Waals surface area (Å²) >= 11 is 0. The molecule has 1 fully saturated rings. The first kappa shape index (κ1) is 18.2. The van der Waals surface area contributed by atoms with Gasteiger partial charge in [0.25, 0.3) is 0 Å². The molecule has 2 aliphatic carbocycles. The Balaban J connectivity index is 2.29. The van der Waals surface area contributed by atoms with Crippen LogP contribution in [-0.4, -0.2) is 17.9 Å². The third-order valence-corrected chi connectivity index (χ3v) is 6.58. The average molecular weight is 320 g/mol. The first-order valence-corrected chi connectivity index (χ1v) is 8.92. The number of Topliss-reactive ketones (excluding diaryl/α,β-unsaturated/α-hetero) is 1. The summed E-state index contributed by atoms with van der Waals surface area (Å²) in [5, 5.41) is 0. The van der Waals surface area contributed by atoms with Gasteiger partial charge in [0, 0.05) is 18.8 Å². The SMILES string of the molecule is CC(=O)CCC1C(C)=CCC2C(C)(C)C(OC(C)=O)CCC12C. The topological polar surface area (TPSA) is 43.4 Å². The molecule has 0 aromatic heterocycles. The van der Waals surface area contributed by atoms with E-state index in [1.54, 1.807) is 6.92 Å². The lowest BCUT2D eigenvalue weighted by molar-refractivity contribution is -0.171. The third-order valence-electron chi connectivity index (χ3n) is 6.58. The molecule has 0 spiro atoms. The van der Waals surface area contributed by atoms with E-state index in [2.05, 4.69) is 33.8 Å². The van der Waals surface area contributed by atoms with Crippen LogP contribution in [-0.2, 0) is 14.3 Å². The van der Waals surface area contributed by atoms with Gasteiger partial charge in [-0.3, -0.25) is 4.79 Å². The molecule has 130 valence electrons. The Morgan fingerprint density at radius 3 is 2.48 bits per heavy atom. The number of rotatable bonds is 4. The summed E-state index contributed by atoms with van der Waals surface area (Å²) in [5.41, 5.74) is 1.59. The minimum Gasteiger partial charge on any atom is -0.462 e. The standard InChI is InChI=1S/C20H32O3/c1-13-7-10-17-19(4,5)18(23-15(3)22)11-12-20(17,6)16(13)9-8-14(2)21/h7,16-18H,8-12H2,1-6H3. The molecule has 0 aromatic carbocycles. The van der Waals surface area contributed by atoms with Crippen molar-refractivity contribution < 1.29 is 14.3 Å². The van der Waals surface area contributed by atoms with Gasteiger partial charge in [-0.1, -0.05) is 32.4 Å². The summed E-state index contributed by atoms with van der Waals surface area (Å²) in [7, 11) is 0. The molecule has 2 aliphatic rings.